The lowest BCUT2D eigenvalue weighted by molar-refractivity contribution is 0.517. The summed E-state index contributed by atoms with van der Waals surface area (Å²) in [5, 5.41) is 17.4. The van der Waals surface area contributed by atoms with Crippen LogP contribution < -0.4 is 5.32 Å². The highest BCUT2D eigenvalue weighted by Gasteiger charge is 2.22. The molecule has 1 unspecified atom stereocenters. The lowest BCUT2D eigenvalue weighted by Gasteiger charge is -2.15. The summed E-state index contributed by atoms with van der Waals surface area (Å²) < 4.78 is 3.87. The zero-order chi connectivity index (χ0) is 14.8. The van der Waals surface area contributed by atoms with Crippen molar-refractivity contribution in [3.63, 3.8) is 0 Å². The molecule has 6 heteroatoms. The first-order chi connectivity index (χ1) is 10.3. The molecule has 0 radical (unpaired) electrons. The quantitative estimate of drug-likeness (QED) is 0.777. The SMILES string of the molecule is CCCn1nncc1C(NC)c1nn(C)c2ccccc12. The number of aromatic nitrogens is 5. The number of benzene rings is 1. The lowest BCUT2D eigenvalue weighted by atomic mass is 10.1. The molecule has 3 rings (SSSR count). The second kappa shape index (κ2) is 5.65. The monoisotopic (exact) mass is 284 g/mol. The maximum Gasteiger partial charge on any atom is 0.0961 e. The Bertz CT molecular complexity index is 742. The van der Waals surface area contributed by atoms with Crippen LogP contribution in [0.2, 0.25) is 0 Å². The van der Waals surface area contributed by atoms with Gasteiger partial charge >= 0.3 is 0 Å². The van der Waals surface area contributed by atoms with E-state index < -0.39 is 0 Å². The Labute approximate surface area is 123 Å². The van der Waals surface area contributed by atoms with E-state index in [0.29, 0.717) is 0 Å². The molecule has 1 aromatic carbocycles. The molecule has 21 heavy (non-hydrogen) atoms. The van der Waals surface area contributed by atoms with Crippen LogP contribution in [0.3, 0.4) is 0 Å². The molecule has 1 N–H and O–H groups in total. The highest BCUT2D eigenvalue weighted by molar-refractivity contribution is 5.82. The summed E-state index contributed by atoms with van der Waals surface area (Å²) in [5.74, 6) is 0. The topological polar surface area (TPSA) is 60.6 Å². The van der Waals surface area contributed by atoms with Crippen molar-refractivity contribution in [1.82, 2.24) is 30.1 Å². The van der Waals surface area contributed by atoms with E-state index in [2.05, 4.69) is 34.7 Å². The molecule has 110 valence electrons. The molecule has 0 spiro atoms. The summed E-state index contributed by atoms with van der Waals surface area (Å²) in [6, 6.07) is 8.25. The van der Waals surface area contributed by atoms with Crippen molar-refractivity contribution < 1.29 is 0 Å². The first kappa shape index (κ1) is 13.8. The second-order valence-corrected chi connectivity index (χ2v) is 5.13. The van der Waals surface area contributed by atoms with Crippen LogP contribution in [0.15, 0.2) is 30.5 Å². The number of aryl methyl sites for hydroxylation is 2. The number of nitrogens with zero attached hydrogens (tertiary/aromatic N) is 5. The molecule has 2 aromatic heterocycles. The van der Waals surface area contributed by atoms with E-state index in [9.17, 15) is 0 Å². The first-order valence-electron chi connectivity index (χ1n) is 7.23. The fourth-order valence-corrected chi connectivity index (χ4v) is 2.75. The Balaban J connectivity index is 2.12. The molecule has 1 atom stereocenters. The molecule has 3 aromatic rings. The van der Waals surface area contributed by atoms with Crippen LogP contribution in [0.1, 0.15) is 30.8 Å². The lowest BCUT2D eigenvalue weighted by Crippen LogP contribution is -2.22. The van der Waals surface area contributed by atoms with Crippen LogP contribution in [-0.2, 0) is 13.6 Å². The summed E-state index contributed by atoms with van der Waals surface area (Å²) in [6.45, 7) is 2.99. The molecule has 0 aliphatic carbocycles. The van der Waals surface area contributed by atoms with Crippen molar-refractivity contribution >= 4 is 10.9 Å². The van der Waals surface area contributed by atoms with Crippen LogP contribution >= 0.6 is 0 Å². The van der Waals surface area contributed by atoms with Gasteiger partial charge in [0.1, 0.15) is 0 Å². The molecular weight excluding hydrogens is 264 g/mol. The third-order valence-corrected chi connectivity index (χ3v) is 3.73. The van der Waals surface area contributed by atoms with E-state index >= 15 is 0 Å². The Hall–Kier alpha value is -2.21. The summed E-state index contributed by atoms with van der Waals surface area (Å²) in [5.41, 5.74) is 3.18. The van der Waals surface area contributed by atoms with Gasteiger partial charge in [-0.2, -0.15) is 5.10 Å². The van der Waals surface area contributed by atoms with E-state index in [0.717, 1.165) is 35.3 Å². The number of hydrogen-bond donors (Lipinski definition) is 1. The molecule has 0 amide bonds. The first-order valence-corrected chi connectivity index (χ1v) is 7.23. The molecule has 6 nitrogen and oxygen atoms in total. The fraction of sp³-hybridized carbons (Fsp3) is 0.400. The smallest absolute Gasteiger partial charge is 0.0961 e. The molecule has 2 heterocycles. The van der Waals surface area contributed by atoms with Crippen LogP contribution in [-0.4, -0.2) is 31.8 Å². The van der Waals surface area contributed by atoms with E-state index in [1.165, 1.54) is 0 Å². The van der Waals surface area contributed by atoms with Gasteiger partial charge in [0.15, 0.2) is 0 Å². The third kappa shape index (κ3) is 2.31. The van der Waals surface area contributed by atoms with Gasteiger partial charge in [-0.05, 0) is 19.5 Å². The normalized spacial score (nSPS) is 12.9. The van der Waals surface area contributed by atoms with Crippen LogP contribution in [0.25, 0.3) is 10.9 Å². The van der Waals surface area contributed by atoms with E-state index in [-0.39, 0.29) is 6.04 Å². The zero-order valence-electron chi connectivity index (χ0n) is 12.6. The van der Waals surface area contributed by atoms with Crippen LogP contribution in [0.5, 0.6) is 0 Å². The van der Waals surface area contributed by atoms with Crippen molar-refractivity contribution in [2.45, 2.75) is 25.9 Å². The number of hydrogen-bond acceptors (Lipinski definition) is 4. The highest BCUT2D eigenvalue weighted by atomic mass is 15.4. The average Bonchev–Trinajstić information content (AvgIpc) is 3.08. The minimum atomic E-state index is -0.0161. The third-order valence-electron chi connectivity index (χ3n) is 3.73. The van der Waals surface area contributed by atoms with Crippen molar-refractivity contribution in [3.8, 4) is 0 Å². The van der Waals surface area contributed by atoms with E-state index in [1.807, 2.05) is 41.8 Å². The van der Waals surface area contributed by atoms with Crippen LogP contribution in [0.4, 0.5) is 0 Å². The molecule has 0 bridgehead atoms. The number of fused-ring (bicyclic) bond motifs is 1. The average molecular weight is 284 g/mol. The summed E-state index contributed by atoms with van der Waals surface area (Å²) >= 11 is 0. The van der Waals surface area contributed by atoms with Gasteiger partial charge in [-0.25, -0.2) is 4.68 Å². The predicted octanol–water partition coefficient (Wildman–Crippen LogP) is 1.88. The summed E-state index contributed by atoms with van der Waals surface area (Å²) in [6.07, 6.45) is 2.84. The second-order valence-electron chi connectivity index (χ2n) is 5.13. The van der Waals surface area contributed by atoms with Crippen molar-refractivity contribution in [3.05, 3.63) is 41.9 Å². The maximum atomic E-state index is 4.70. The zero-order valence-corrected chi connectivity index (χ0v) is 12.6. The molecule has 0 aliphatic heterocycles. The molecule has 0 fully saturated rings. The molecule has 0 saturated carbocycles. The van der Waals surface area contributed by atoms with Gasteiger partial charge < -0.3 is 5.32 Å². The minimum Gasteiger partial charge on any atom is -0.307 e. The van der Waals surface area contributed by atoms with Crippen molar-refractivity contribution in [2.24, 2.45) is 7.05 Å². The Morgan fingerprint density at radius 1 is 1.29 bits per heavy atom. The van der Waals surface area contributed by atoms with Gasteiger partial charge in [-0.15, -0.1) is 5.10 Å². The van der Waals surface area contributed by atoms with Gasteiger partial charge in [-0.3, -0.25) is 4.68 Å². The molecule has 0 aliphatic rings. The number of nitrogens with one attached hydrogen (secondary N) is 1. The van der Waals surface area contributed by atoms with E-state index in [1.54, 1.807) is 0 Å². The fourth-order valence-electron chi connectivity index (χ4n) is 2.75. The van der Waals surface area contributed by atoms with Gasteiger partial charge in [0.2, 0.25) is 0 Å². The summed E-state index contributed by atoms with van der Waals surface area (Å²) in [7, 11) is 3.91. The summed E-state index contributed by atoms with van der Waals surface area (Å²) in [4.78, 5) is 0. The standard InChI is InChI=1S/C15H20N6/c1-4-9-21-13(10-17-19-21)15(16-2)14-11-7-5-6-8-12(11)20(3)18-14/h5-8,10,15-16H,4,9H2,1-3H3. The van der Waals surface area contributed by atoms with Gasteiger partial charge in [0.05, 0.1) is 29.1 Å². The molecular formula is C15H20N6. The van der Waals surface area contributed by atoms with Crippen molar-refractivity contribution in [2.75, 3.05) is 7.05 Å². The Kier molecular flexibility index (Phi) is 3.70. The largest absolute Gasteiger partial charge is 0.307 e. The highest BCUT2D eigenvalue weighted by Crippen LogP contribution is 2.27. The van der Waals surface area contributed by atoms with Gasteiger partial charge in [-0.1, -0.05) is 30.3 Å². The van der Waals surface area contributed by atoms with Gasteiger partial charge in [0, 0.05) is 19.0 Å². The molecule has 0 saturated heterocycles. The predicted molar refractivity (Wildman–Crippen MR) is 81.9 cm³/mol. The Morgan fingerprint density at radius 2 is 2.10 bits per heavy atom. The van der Waals surface area contributed by atoms with Crippen molar-refractivity contribution in [1.29, 1.82) is 0 Å². The van der Waals surface area contributed by atoms with E-state index in [4.69, 9.17) is 5.10 Å². The van der Waals surface area contributed by atoms with Gasteiger partial charge in [0.25, 0.3) is 0 Å². The van der Waals surface area contributed by atoms with Crippen LogP contribution in [0, 0.1) is 0 Å². The number of para-hydroxylation sites is 1. The Morgan fingerprint density at radius 3 is 2.86 bits per heavy atom. The minimum absolute atomic E-state index is 0.0161. The maximum absolute atomic E-state index is 4.70. The number of rotatable bonds is 5.